The quantitative estimate of drug-likeness (QED) is 0.0127. The van der Waals surface area contributed by atoms with Gasteiger partial charge in [-0.25, -0.2) is 9.13 Å². The molecule has 354 valence electrons. The zero-order valence-electron chi connectivity index (χ0n) is 37.0. The molecule has 0 aliphatic carbocycles. The van der Waals surface area contributed by atoms with Gasteiger partial charge in [-0.05, 0) is 83.5 Å². The van der Waals surface area contributed by atoms with Gasteiger partial charge in [-0.3, -0.25) is 23.2 Å². The molecule has 0 saturated carbocycles. The summed E-state index contributed by atoms with van der Waals surface area (Å²) in [5.74, 6) is -1.17. The number of carbonyl (C=O) groups is 2. The van der Waals surface area contributed by atoms with Crippen molar-refractivity contribution in [1.82, 2.24) is 0 Å². The minimum Gasteiger partial charge on any atom is -0.462 e. The van der Waals surface area contributed by atoms with E-state index >= 15 is 0 Å². The molecule has 0 radical (unpaired) electrons. The molecule has 0 saturated heterocycles. The van der Waals surface area contributed by atoms with E-state index in [1.165, 1.54) is 19.3 Å². The molecule has 5 N–H and O–H groups in total. The summed E-state index contributed by atoms with van der Waals surface area (Å²) in [6.07, 6.45) is 44.3. The minimum atomic E-state index is -4.88. The van der Waals surface area contributed by atoms with E-state index in [2.05, 4.69) is 77.6 Å². The summed E-state index contributed by atoms with van der Waals surface area (Å²) in [4.78, 5) is 52.7. The summed E-state index contributed by atoms with van der Waals surface area (Å²) in [5, 5.41) is 19.8. The normalized spacial score (nSPS) is 15.4. The van der Waals surface area contributed by atoms with Gasteiger partial charge in [0.15, 0.2) is 6.10 Å². The van der Waals surface area contributed by atoms with Crippen molar-refractivity contribution >= 4 is 27.6 Å². The number of allylic oxidation sites excluding steroid dienone is 14. The first-order chi connectivity index (χ1) is 29.8. The molecule has 0 spiro atoms. The fraction of sp³-hybridized carbons (Fsp3) is 0.609. The topological polar surface area (TPSA) is 216 Å². The lowest BCUT2D eigenvalue weighted by Crippen LogP contribution is -2.29. The summed E-state index contributed by atoms with van der Waals surface area (Å²) >= 11 is 0. The standard InChI is InChI=1S/C46H76O14P2/c1-3-5-7-9-11-12-13-14-15-16-17-18-19-20-24-28-32-36-45(49)56-40-44(41-59-62(54,55)58-39-43(48)38-57-61(51,52)53)60-46(50)37-33-29-25-22-21-23-27-31-35-42(47)34-30-26-10-8-6-4-2/h5,7,11-12,14-15,17-18,22-23,25-27,30-31,35,42-44,47-48H,3-4,6,8-10,13,16,19-21,24,28-29,32-34,36-41H2,1-2H3,(H,54,55)(H2,51,52,53)/b7-5-,12-11-,15-14-,18-17-,25-22-,27-23-,30-26-,35-31+/t42-,43-,44+/m0/s1. The predicted octanol–water partition coefficient (Wildman–Crippen LogP) is 10.3. The number of carbonyl (C=O) groups excluding carboxylic acids is 2. The molecule has 0 aromatic heterocycles. The van der Waals surface area contributed by atoms with E-state index in [-0.39, 0.29) is 12.8 Å². The smallest absolute Gasteiger partial charge is 0.462 e. The van der Waals surface area contributed by atoms with Gasteiger partial charge in [0.1, 0.15) is 12.7 Å². The number of aliphatic hydroxyl groups is 2. The number of ether oxygens (including phenoxy) is 2. The number of unbranched alkanes of at least 4 members (excludes halogenated alkanes) is 8. The highest BCUT2D eigenvalue weighted by Gasteiger charge is 2.28. The Morgan fingerprint density at radius 3 is 1.73 bits per heavy atom. The summed E-state index contributed by atoms with van der Waals surface area (Å²) in [6.45, 7) is 1.42. The number of hydrogen-bond donors (Lipinski definition) is 5. The number of phosphoric acid groups is 2. The lowest BCUT2D eigenvalue weighted by atomic mass is 10.1. The van der Waals surface area contributed by atoms with E-state index in [0.29, 0.717) is 32.1 Å². The van der Waals surface area contributed by atoms with Crippen molar-refractivity contribution in [2.75, 3.05) is 26.4 Å². The summed E-state index contributed by atoms with van der Waals surface area (Å²) < 4.78 is 47.7. The van der Waals surface area contributed by atoms with Gasteiger partial charge in [-0.2, -0.15) is 0 Å². The first kappa shape index (κ1) is 59.0. The van der Waals surface area contributed by atoms with E-state index in [1.54, 1.807) is 6.08 Å². The molecule has 0 aliphatic heterocycles. The van der Waals surface area contributed by atoms with Gasteiger partial charge >= 0.3 is 27.6 Å². The lowest BCUT2D eigenvalue weighted by molar-refractivity contribution is -0.161. The summed E-state index contributed by atoms with van der Waals surface area (Å²) in [7, 11) is -9.73. The van der Waals surface area contributed by atoms with Crippen LogP contribution in [0.5, 0.6) is 0 Å². The Bertz CT molecular complexity index is 1480. The Morgan fingerprint density at radius 1 is 0.548 bits per heavy atom. The van der Waals surface area contributed by atoms with E-state index in [1.807, 2.05) is 36.5 Å². The molecule has 1 unspecified atom stereocenters. The van der Waals surface area contributed by atoms with Crippen LogP contribution in [0.15, 0.2) is 97.2 Å². The Labute approximate surface area is 371 Å². The Hall–Kier alpha value is -3.00. The molecule has 16 heteroatoms. The maximum atomic E-state index is 12.7. The van der Waals surface area contributed by atoms with Gasteiger partial charge in [-0.15, -0.1) is 0 Å². The van der Waals surface area contributed by atoms with E-state index < -0.39 is 72.3 Å². The third-order valence-electron chi connectivity index (χ3n) is 8.53. The summed E-state index contributed by atoms with van der Waals surface area (Å²) in [6, 6.07) is 0. The minimum absolute atomic E-state index is 0.0122. The van der Waals surface area contributed by atoms with Crippen molar-refractivity contribution in [3.8, 4) is 0 Å². The maximum absolute atomic E-state index is 12.7. The molecule has 0 bridgehead atoms. The third kappa shape index (κ3) is 43.6. The van der Waals surface area contributed by atoms with Crippen LogP contribution in [0.4, 0.5) is 0 Å². The molecule has 0 fully saturated rings. The first-order valence-corrected chi connectivity index (χ1v) is 25.1. The molecule has 0 rings (SSSR count). The van der Waals surface area contributed by atoms with Crippen molar-refractivity contribution in [1.29, 1.82) is 0 Å². The maximum Gasteiger partial charge on any atom is 0.472 e. The molecular weight excluding hydrogens is 838 g/mol. The number of esters is 2. The van der Waals surface area contributed by atoms with Gasteiger partial charge in [0.05, 0.1) is 25.9 Å². The second-order valence-corrected chi connectivity index (χ2v) is 17.1. The molecular formula is C46H76O14P2. The van der Waals surface area contributed by atoms with E-state index in [0.717, 1.165) is 57.8 Å². The van der Waals surface area contributed by atoms with Gasteiger partial charge in [-0.1, -0.05) is 137 Å². The zero-order valence-corrected chi connectivity index (χ0v) is 38.8. The fourth-order valence-electron chi connectivity index (χ4n) is 5.18. The van der Waals surface area contributed by atoms with Crippen molar-refractivity contribution in [2.24, 2.45) is 0 Å². The van der Waals surface area contributed by atoms with Crippen LogP contribution in [0.2, 0.25) is 0 Å². The van der Waals surface area contributed by atoms with Gasteiger partial charge < -0.3 is 34.4 Å². The van der Waals surface area contributed by atoms with Crippen LogP contribution in [-0.4, -0.2) is 81.6 Å². The average molecular weight is 915 g/mol. The molecule has 0 amide bonds. The predicted molar refractivity (Wildman–Crippen MR) is 245 cm³/mol. The molecule has 62 heavy (non-hydrogen) atoms. The average Bonchev–Trinajstić information content (AvgIpc) is 3.23. The van der Waals surface area contributed by atoms with Gasteiger partial charge in [0.2, 0.25) is 0 Å². The fourth-order valence-corrected chi connectivity index (χ4v) is 6.33. The van der Waals surface area contributed by atoms with Crippen LogP contribution < -0.4 is 0 Å². The second kappa shape index (κ2) is 40.8. The van der Waals surface area contributed by atoms with E-state index in [9.17, 15) is 33.8 Å². The van der Waals surface area contributed by atoms with Crippen molar-refractivity contribution in [3.63, 3.8) is 0 Å². The number of hydrogen-bond acceptors (Lipinski definition) is 11. The molecule has 14 nitrogen and oxygen atoms in total. The van der Waals surface area contributed by atoms with Crippen LogP contribution in [0.1, 0.15) is 136 Å². The second-order valence-electron chi connectivity index (χ2n) is 14.4. The SMILES string of the molecule is CC/C=C\C/C=C\C/C=C\C/C=C\CCCCCCC(=O)OC[C@H](COP(=O)(O)OC[C@@H](O)COP(=O)(O)O)OC(=O)CCC/C=C\C/C=C\C=C\[C@@H](O)C/C=C\CCCCC. The van der Waals surface area contributed by atoms with Crippen molar-refractivity contribution in [2.45, 2.75) is 154 Å². The van der Waals surface area contributed by atoms with Gasteiger partial charge in [0.25, 0.3) is 0 Å². The van der Waals surface area contributed by atoms with Crippen molar-refractivity contribution < 1.29 is 66.7 Å². The van der Waals surface area contributed by atoms with Crippen LogP contribution >= 0.6 is 15.6 Å². The third-order valence-corrected chi connectivity index (χ3v) is 9.96. The monoisotopic (exact) mass is 914 g/mol. The molecule has 0 aliphatic rings. The van der Waals surface area contributed by atoms with E-state index in [4.69, 9.17) is 23.8 Å². The number of aliphatic hydroxyl groups excluding tert-OH is 2. The number of phosphoric ester groups is 2. The van der Waals surface area contributed by atoms with Crippen LogP contribution in [-0.2, 0) is 41.8 Å². The molecule has 0 aromatic rings. The molecule has 0 heterocycles. The Morgan fingerprint density at radius 2 is 1.08 bits per heavy atom. The highest BCUT2D eigenvalue weighted by Crippen LogP contribution is 2.43. The largest absolute Gasteiger partial charge is 0.472 e. The zero-order chi connectivity index (χ0) is 46.0. The van der Waals surface area contributed by atoms with Crippen LogP contribution in [0.3, 0.4) is 0 Å². The van der Waals surface area contributed by atoms with Crippen LogP contribution in [0, 0.1) is 0 Å². The first-order valence-electron chi connectivity index (χ1n) is 22.0. The number of rotatable bonds is 40. The Balaban J connectivity index is 4.73. The van der Waals surface area contributed by atoms with Crippen molar-refractivity contribution in [3.05, 3.63) is 97.2 Å². The van der Waals surface area contributed by atoms with Crippen LogP contribution in [0.25, 0.3) is 0 Å². The van der Waals surface area contributed by atoms with Gasteiger partial charge in [0, 0.05) is 12.8 Å². The summed E-state index contributed by atoms with van der Waals surface area (Å²) in [5.41, 5.74) is 0. The Kier molecular flexibility index (Phi) is 38.8. The highest BCUT2D eigenvalue weighted by atomic mass is 31.2. The molecule has 0 aromatic carbocycles. The molecule has 4 atom stereocenters. The lowest BCUT2D eigenvalue weighted by Gasteiger charge is -2.20. The highest BCUT2D eigenvalue weighted by molar-refractivity contribution is 7.47.